The van der Waals surface area contributed by atoms with E-state index in [1.54, 1.807) is 27.8 Å². The Morgan fingerprint density at radius 1 is 1.03 bits per heavy atom. The standard InChI is InChI=1S/C26H25N3O3S2/c1-18-5-4-16-29(17-18)34(31,32)22-14-10-19(11-15-22)25(30)27-21-12-8-20(9-13-21)26-28-23-6-2-3-7-24(23)33-26/h2-3,6-15,18H,4-5,16-17H2,1H3,(H,27,30). The third-order valence-corrected chi connectivity index (χ3v) is 9.02. The first-order valence-electron chi connectivity index (χ1n) is 11.3. The molecule has 5 rings (SSSR count). The third-order valence-electron chi connectivity index (χ3n) is 6.06. The minimum Gasteiger partial charge on any atom is -0.322 e. The van der Waals surface area contributed by atoms with Crippen molar-refractivity contribution in [3.8, 4) is 10.6 Å². The minimum absolute atomic E-state index is 0.221. The number of hydrogen-bond donors (Lipinski definition) is 1. The van der Waals surface area contributed by atoms with Gasteiger partial charge in [-0.3, -0.25) is 4.79 Å². The molecule has 1 aliphatic heterocycles. The maximum atomic E-state index is 12.9. The lowest BCUT2D eigenvalue weighted by Gasteiger charge is -2.30. The molecule has 34 heavy (non-hydrogen) atoms. The number of anilines is 1. The van der Waals surface area contributed by atoms with Crippen molar-refractivity contribution in [1.82, 2.24) is 9.29 Å². The van der Waals surface area contributed by atoms with Gasteiger partial charge in [0.2, 0.25) is 10.0 Å². The van der Waals surface area contributed by atoms with Gasteiger partial charge in [-0.2, -0.15) is 4.31 Å². The molecule has 0 radical (unpaired) electrons. The molecule has 0 aliphatic carbocycles. The fraction of sp³-hybridized carbons (Fsp3) is 0.231. The number of piperidine rings is 1. The second-order valence-electron chi connectivity index (χ2n) is 8.65. The van der Waals surface area contributed by atoms with E-state index in [2.05, 4.69) is 23.3 Å². The fourth-order valence-electron chi connectivity index (χ4n) is 4.19. The van der Waals surface area contributed by atoms with Crippen molar-refractivity contribution in [2.75, 3.05) is 18.4 Å². The predicted molar refractivity (Wildman–Crippen MR) is 137 cm³/mol. The van der Waals surface area contributed by atoms with Crippen molar-refractivity contribution < 1.29 is 13.2 Å². The molecule has 0 bridgehead atoms. The maximum Gasteiger partial charge on any atom is 0.255 e. The van der Waals surface area contributed by atoms with Gasteiger partial charge in [0.05, 0.1) is 15.1 Å². The summed E-state index contributed by atoms with van der Waals surface area (Å²) in [4.78, 5) is 17.6. The zero-order valence-electron chi connectivity index (χ0n) is 18.8. The summed E-state index contributed by atoms with van der Waals surface area (Å²) < 4.78 is 28.5. The number of sulfonamides is 1. The SMILES string of the molecule is CC1CCCN(S(=O)(=O)c2ccc(C(=O)Nc3ccc(-c4nc5ccccc5s4)cc3)cc2)C1. The van der Waals surface area contributed by atoms with Gasteiger partial charge < -0.3 is 5.32 Å². The van der Waals surface area contributed by atoms with Crippen molar-refractivity contribution in [2.24, 2.45) is 5.92 Å². The Morgan fingerprint density at radius 3 is 2.47 bits per heavy atom. The van der Waals surface area contributed by atoms with Crippen LogP contribution in [-0.2, 0) is 10.0 Å². The van der Waals surface area contributed by atoms with Gasteiger partial charge in [-0.15, -0.1) is 11.3 Å². The Labute approximate surface area is 203 Å². The van der Waals surface area contributed by atoms with Gasteiger partial charge in [0, 0.05) is 29.9 Å². The van der Waals surface area contributed by atoms with Crippen molar-refractivity contribution in [2.45, 2.75) is 24.7 Å². The van der Waals surface area contributed by atoms with Crippen LogP contribution in [0.4, 0.5) is 5.69 Å². The monoisotopic (exact) mass is 491 g/mol. The molecule has 0 spiro atoms. The molecule has 1 unspecified atom stereocenters. The lowest BCUT2D eigenvalue weighted by Crippen LogP contribution is -2.39. The largest absolute Gasteiger partial charge is 0.322 e. The van der Waals surface area contributed by atoms with E-state index in [0.717, 1.165) is 33.6 Å². The minimum atomic E-state index is -3.54. The molecule has 1 aromatic heterocycles. The first-order chi connectivity index (χ1) is 16.4. The summed E-state index contributed by atoms with van der Waals surface area (Å²) in [5, 5.41) is 3.80. The summed E-state index contributed by atoms with van der Waals surface area (Å²) in [7, 11) is -3.54. The summed E-state index contributed by atoms with van der Waals surface area (Å²) in [5.74, 6) is 0.0675. The van der Waals surface area contributed by atoms with Crippen LogP contribution in [0.25, 0.3) is 20.8 Å². The molecule has 1 atom stereocenters. The summed E-state index contributed by atoms with van der Waals surface area (Å²) >= 11 is 1.63. The predicted octanol–water partition coefficient (Wildman–Crippen LogP) is 5.64. The molecular formula is C26H25N3O3S2. The van der Waals surface area contributed by atoms with E-state index in [1.165, 1.54) is 12.1 Å². The van der Waals surface area contributed by atoms with Gasteiger partial charge >= 0.3 is 0 Å². The van der Waals surface area contributed by atoms with Crippen molar-refractivity contribution >= 4 is 43.2 Å². The number of aromatic nitrogens is 1. The van der Waals surface area contributed by atoms with Crippen molar-refractivity contribution in [3.05, 3.63) is 78.4 Å². The van der Waals surface area contributed by atoms with Gasteiger partial charge in [0.15, 0.2) is 0 Å². The first kappa shape index (κ1) is 22.7. The Hall–Kier alpha value is -3.07. The van der Waals surface area contributed by atoms with Gasteiger partial charge in [-0.25, -0.2) is 13.4 Å². The number of nitrogens with zero attached hydrogens (tertiary/aromatic N) is 2. The zero-order chi connectivity index (χ0) is 23.7. The number of hydrogen-bond acceptors (Lipinski definition) is 5. The molecule has 2 heterocycles. The molecule has 8 heteroatoms. The summed E-state index contributed by atoms with van der Waals surface area (Å²) in [6.07, 6.45) is 1.92. The van der Waals surface area contributed by atoms with Crippen LogP contribution in [0.1, 0.15) is 30.1 Å². The van der Waals surface area contributed by atoms with Gasteiger partial charge in [-0.1, -0.05) is 19.1 Å². The number of benzene rings is 3. The number of rotatable bonds is 5. The Morgan fingerprint density at radius 2 is 1.76 bits per heavy atom. The molecule has 1 amide bonds. The van der Waals surface area contributed by atoms with E-state index in [0.29, 0.717) is 30.3 Å². The number of thiazole rings is 1. The van der Waals surface area contributed by atoms with Crippen LogP contribution in [0.2, 0.25) is 0 Å². The van der Waals surface area contributed by atoms with Gasteiger partial charge in [-0.05, 0) is 79.4 Å². The molecule has 1 fully saturated rings. The van der Waals surface area contributed by atoms with E-state index in [-0.39, 0.29) is 10.8 Å². The van der Waals surface area contributed by atoms with E-state index in [1.807, 2.05) is 42.5 Å². The molecule has 6 nitrogen and oxygen atoms in total. The van der Waals surface area contributed by atoms with E-state index in [9.17, 15) is 13.2 Å². The number of amides is 1. The van der Waals surface area contributed by atoms with Crippen LogP contribution in [-0.4, -0.2) is 36.7 Å². The van der Waals surface area contributed by atoms with Gasteiger partial charge in [0.1, 0.15) is 5.01 Å². The maximum absolute atomic E-state index is 12.9. The average Bonchev–Trinajstić information content (AvgIpc) is 3.29. The lowest BCUT2D eigenvalue weighted by molar-refractivity contribution is 0.102. The van der Waals surface area contributed by atoms with Crippen LogP contribution in [0.15, 0.2) is 77.7 Å². The van der Waals surface area contributed by atoms with Gasteiger partial charge in [0.25, 0.3) is 5.91 Å². The third kappa shape index (κ3) is 4.61. The number of para-hydroxylation sites is 1. The number of nitrogens with one attached hydrogen (secondary N) is 1. The summed E-state index contributed by atoms with van der Waals surface area (Å²) in [6, 6.07) is 21.7. The molecule has 1 N–H and O–H groups in total. The number of carbonyl (C=O) groups is 1. The smallest absolute Gasteiger partial charge is 0.255 e. The van der Waals surface area contributed by atoms with E-state index >= 15 is 0 Å². The number of carbonyl (C=O) groups excluding carboxylic acids is 1. The topological polar surface area (TPSA) is 79.4 Å². The molecule has 174 valence electrons. The summed E-state index contributed by atoms with van der Waals surface area (Å²) in [6.45, 7) is 3.15. The second kappa shape index (κ2) is 9.29. The Kier molecular flexibility index (Phi) is 6.20. The van der Waals surface area contributed by atoms with Crippen LogP contribution >= 0.6 is 11.3 Å². The highest BCUT2D eigenvalue weighted by atomic mass is 32.2. The molecule has 1 aliphatic rings. The normalized spacial score (nSPS) is 17.0. The van der Waals surface area contributed by atoms with Crippen molar-refractivity contribution in [1.29, 1.82) is 0 Å². The second-order valence-corrected chi connectivity index (χ2v) is 11.6. The van der Waals surface area contributed by atoms with E-state index < -0.39 is 10.0 Å². The molecular weight excluding hydrogens is 466 g/mol. The van der Waals surface area contributed by atoms with Crippen LogP contribution < -0.4 is 5.32 Å². The molecule has 3 aromatic carbocycles. The zero-order valence-corrected chi connectivity index (χ0v) is 20.4. The molecule has 4 aromatic rings. The lowest BCUT2D eigenvalue weighted by atomic mass is 10.0. The van der Waals surface area contributed by atoms with E-state index in [4.69, 9.17) is 0 Å². The fourth-order valence-corrected chi connectivity index (χ4v) is 6.76. The quantitative estimate of drug-likeness (QED) is 0.392. The Bertz CT molecular complexity index is 1400. The highest BCUT2D eigenvalue weighted by molar-refractivity contribution is 7.89. The average molecular weight is 492 g/mol. The number of fused-ring (bicyclic) bond motifs is 1. The Balaban J connectivity index is 1.27. The highest BCUT2D eigenvalue weighted by Crippen LogP contribution is 2.30. The first-order valence-corrected chi connectivity index (χ1v) is 13.5. The van der Waals surface area contributed by atoms with Crippen LogP contribution in [0, 0.1) is 5.92 Å². The molecule has 1 saturated heterocycles. The van der Waals surface area contributed by atoms with Crippen LogP contribution in [0.5, 0.6) is 0 Å². The van der Waals surface area contributed by atoms with Crippen molar-refractivity contribution in [3.63, 3.8) is 0 Å². The highest BCUT2D eigenvalue weighted by Gasteiger charge is 2.28. The molecule has 0 saturated carbocycles. The summed E-state index contributed by atoms with van der Waals surface area (Å²) in [5.41, 5.74) is 3.02. The van der Waals surface area contributed by atoms with Crippen LogP contribution in [0.3, 0.4) is 0 Å².